The molecular weight excluding hydrogens is 284 g/mol. The molecule has 0 radical (unpaired) electrons. The third-order valence-corrected chi connectivity index (χ3v) is 3.07. The Morgan fingerprint density at radius 1 is 1.59 bits per heavy atom. The van der Waals surface area contributed by atoms with E-state index in [1.807, 2.05) is 24.3 Å². The molecular formula is C12H15BrN2O2. The van der Waals surface area contributed by atoms with Crippen LogP contribution in [0.5, 0.6) is 0 Å². The lowest BCUT2D eigenvalue weighted by Crippen LogP contribution is -2.24. The number of carbonyl (C=O) groups excluding carboxylic acids is 1. The molecule has 2 N–H and O–H groups in total. The number of nitrogens with one attached hydrogen (secondary N) is 2. The van der Waals surface area contributed by atoms with Crippen molar-refractivity contribution in [3.63, 3.8) is 0 Å². The number of amides is 1. The first-order chi connectivity index (χ1) is 8.24. The molecule has 0 aliphatic carbocycles. The number of halogens is 1. The normalized spacial score (nSPS) is 19.2. The highest BCUT2D eigenvalue weighted by Gasteiger charge is 2.15. The van der Waals surface area contributed by atoms with Crippen molar-refractivity contribution in [2.45, 2.75) is 12.5 Å². The van der Waals surface area contributed by atoms with Gasteiger partial charge in [-0.2, -0.15) is 0 Å². The number of carbonyl (C=O) groups is 1. The number of ether oxygens (including phenoxy) is 1. The van der Waals surface area contributed by atoms with Crippen molar-refractivity contribution in [1.82, 2.24) is 5.32 Å². The molecule has 0 aromatic heterocycles. The number of anilines is 1. The Bertz CT molecular complexity index is 392. The van der Waals surface area contributed by atoms with Gasteiger partial charge in [-0.3, -0.25) is 4.79 Å². The van der Waals surface area contributed by atoms with Gasteiger partial charge in [0.2, 0.25) is 5.91 Å². The van der Waals surface area contributed by atoms with Crippen molar-refractivity contribution in [2.24, 2.45) is 0 Å². The van der Waals surface area contributed by atoms with Crippen LogP contribution in [0.4, 0.5) is 5.69 Å². The second-order valence-electron chi connectivity index (χ2n) is 3.98. The highest BCUT2D eigenvalue weighted by molar-refractivity contribution is 9.10. The summed E-state index contributed by atoms with van der Waals surface area (Å²) in [7, 11) is 0. The lowest BCUT2D eigenvalue weighted by atomic mass is 10.3. The second kappa shape index (κ2) is 6.14. The molecule has 4 nitrogen and oxygen atoms in total. The molecule has 1 heterocycles. The first kappa shape index (κ1) is 12.5. The minimum absolute atomic E-state index is 0.110. The maximum Gasteiger partial charge on any atom is 0.250 e. The summed E-state index contributed by atoms with van der Waals surface area (Å²) in [4.78, 5) is 11.6. The van der Waals surface area contributed by atoms with E-state index in [0.717, 1.165) is 29.7 Å². The Morgan fingerprint density at radius 2 is 2.47 bits per heavy atom. The van der Waals surface area contributed by atoms with Crippen molar-refractivity contribution in [2.75, 3.05) is 25.0 Å². The van der Waals surface area contributed by atoms with Crippen molar-refractivity contribution < 1.29 is 9.53 Å². The molecule has 1 aliphatic rings. The minimum atomic E-state index is -0.116. The summed E-state index contributed by atoms with van der Waals surface area (Å²) >= 11 is 3.35. The summed E-state index contributed by atoms with van der Waals surface area (Å²) < 4.78 is 6.42. The average Bonchev–Trinajstić information content (AvgIpc) is 2.79. The van der Waals surface area contributed by atoms with Gasteiger partial charge in [-0.15, -0.1) is 0 Å². The Hall–Kier alpha value is -0.910. The lowest BCUT2D eigenvalue weighted by Gasteiger charge is -2.10. The van der Waals surface area contributed by atoms with Gasteiger partial charge in [0.05, 0.1) is 6.10 Å². The van der Waals surface area contributed by atoms with E-state index < -0.39 is 0 Å². The standard InChI is InChI=1S/C12H15BrN2O2/c13-9-2-1-3-10(6-9)15-12(16)8-17-11-4-5-14-7-11/h1-3,6,11,14H,4-5,7-8H2,(H,15,16). The monoisotopic (exact) mass is 298 g/mol. The number of benzene rings is 1. The van der Waals surface area contributed by atoms with Crippen molar-refractivity contribution in [1.29, 1.82) is 0 Å². The van der Waals surface area contributed by atoms with Crippen molar-refractivity contribution in [3.8, 4) is 0 Å². The zero-order valence-corrected chi connectivity index (χ0v) is 11.0. The number of rotatable bonds is 4. The highest BCUT2D eigenvalue weighted by atomic mass is 79.9. The summed E-state index contributed by atoms with van der Waals surface area (Å²) in [5.41, 5.74) is 0.775. The molecule has 17 heavy (non-hydrogen) atoms. The molecule has 2 rings (SSSR count). The summed E-state index contributed by atoms with van der Waals surface area (Å²) in [5, 5.41) is 5.98. The molecule has 1 aromatic rings. The zero-order valence-electron chi connectivity index (χ0n) is 9.41. The van der Waals surface area contributed by atoms with Crippen LogP contribution in [0.1, 0.15) is 6.42 Å². The van der Waals surface area contributed by atoms with E-state index in [1.165, 1.54) is 0 Å². The molecule has 1 amide bonds. The third-order valence-electron chi connectivity index (χ3n) is 2.57. The van der Waals surface area contributed by atoms with E-state index in [-0.39, 0.29) is 18.6 Å². The summed E-state index contributed by atoms with van der Waals surface area (Å²) in [6.45, 7) is 1.92. The van der Waals surface area contributed by atoms with E-state index >= 15 is 0 Å². The molecule has 1 unspecified atom stereocenters. The van der Waals surface area contributed by atoms with Gasteiger partial charge in [-0.05, 0) is 31.2 Å². The quantitative estimate of drug-likeness (QED) is 0.891. The zero-order chi connectivity index (χ0) is 12.1. The SMILES string of the molecule is O=C(COC1CCNC1)Nc1cccc(Br)c1. The van der Waals surface area contributed by atoms with E-state index in [0.29, 0.717) is 0 Å². The van der Waals surface area contributed by atoms with Gasteiger partial charge in [0.1, 0.15) is 6.61 Å². The molecule has 1 aliphatic heterocycles. The summed E-state index contributed by atoms with van der Waals surface area (Å²) in [6.07, 6.45) is 1.15. The van der Waals surface area contributed by atoms with Gasteiger partial charge in [-0.25, -0.2) is 0 Å². The Labute approximate surface area is 109 Å². The fourth-order valence-electron chi connectivity index (χ4n) is 1.73. The van der Waals surface area contributed by atoms with Gasteiger partial charge in [0, 0.05) is 16.7 Å². The predicted molar refractivity (Wildman–Crippen MR) is 70.0 cm³/mol. The van der Waals surface area contributed by atoms with Crippen LogP contribution in [0.3, 0.4) is 0 Å². The lowest BCUT2D eigenvalue weighted by molar-refractivity contribution is -0.122. The van der Waals surface area contributed by atoms with E-state index in [2.05, 4.69) is 26.6 Å². The Morgan fingerprint density at radius 3 is 3.18 bits per heavy atom. The number of hydrogen-bond acceptors (Lipinski definition) is 3. The largest absolute Gasteiger partial charge is 0.367 e. The van der Waals surface area contributed by atoms with Crippen LogP contribution in [-0.4, -0.2) is 31.7 Å². The number of hydrogen-bond donors (Lipinski definition) is 2. The topological polar surface area (TPSA) is 50.4 Å². The van der Waals surface area contributed by atoms with Crippen molar-refractivity contribution in [3.05, 3.63) is 28.7 Å². The van der Waals surface area contributed by atoms with Crippen LogP contribution in [0.25, 0.3) is 0 Å². The van der Waals surface area contributed by atoms with Crippen LogP contribution < -0.4 is 10.6 Å². The smallest absolute Gasteiger partial charge is 0.250 e. The van der Waals surface area contributed by atoms with Crippen LogP contribution in [0.15, 0.2) is 28.7 Å². The van der Waals surface area contributed by atoms with Gasteiger partial charge in [0.25, 0.3) is 0 Å². The molecule has 1 fully saturated rings. The maximum atomic E-state index is 11.6. The molecule has 92 valence electrons. The Balaban J connectivity index is 1.76. The van der Waals surface area contributed by atoms with Crippen LogP contribution >= 0.6 is 15.9 Å². The summed E-state index contributed by atoms with van der Waals surface area (Å²) in [5.74, 6) is -0.116. The molecule has 5 heteroatoms. The first-order valence-electron chi connectivity index (χ1n) is 5.62. The third kappa shape index (κ3) is 4.11. The van der Waals surface area contributed by atoms with E-state index in [1.54, 1.807) is 0 Å². The van der Waals surface area contributed by atoms with Crippen LogP contribution in [0, 0.1) is 0 Å². The van der Waals surface area contributed by atoms with Crippen LogP contribution in [0.2, 0.25) is 0 Å². The van der Waals surface area contributed by atoms with Gasteiger partial charge in [-0.1, -0.05) is 22.0 Å². The second-order valence-corrected chi connectivity index (χ2v) is 4.90. The molecule has 1 saturated heterocycles. The van der Waals surface area contributed by atoms with Crippen LogP contribution in [-0.2, 0) is 9.53 Å². The fourth-order valence-corrected chi connectivity index (χ4v) is 2.13. The maximum absolute atomic E-state index is 11.6. The average molecular weight is 299 g/mol. The minimum Gasteiger partial charge on any atom is -0.367 e. The van der Waals surface area contributed by atoms with Gasteiger partial charge >= 0.3 is 0 Å². The molecule has 0 bridgehead atoms. The molecule has 1 atom stereocenters. The first-order valence-corrected chi connectivity index (χ1v) is 6.41. The molecule has 1 aromatic carbocycles. The van der Waals surface area contributed by atoms with E-state index in [4.69, 9.17) is 4.74 Å². The van der Waals surface area contributed by atoms with Crippen molar-refractivity contribution >= 4 is 27.5 Å². The van der Waals surface area contributed by atoms with Gasteiger partial charge in [0.15, 0.2) is 0 Å². The van der Waals surface area contributed by atoms with Gasteiger partial charge < -0.3 is 15.4 Å². The summed E-state index contributed by atoms with van der Waals surface area (Å²) in [6, 6.07) is 7.49. The predicted octanol–water partition coefficient (Wildman–Crippen LogP) is 1.77. The Kier molecular flexibility index (Phi) is 4.53. The molecule has 0 spiro atoms. The fraction of sp³-hybridized carbons (Fsp3) is 0.417. The highest BCUT2D eigenvalue weighted by Crippen LogP contribution is 2.15. The molecule has 0 saturated carbocycles. The van der Waals surface area contributed by atoms with E-state index in [9.17, 15) is 4.79 Å².